The third-order valence-corrected chi connectivity index (χ3v) is 4.16. The third-order valence-electron chi connectivity index (χ3n) is 3.81. The van der Waals surface area contributed by atoms with Crippen molar-refractivity contribution in [3.8, 4) is 0 Å². The fourth-order valence-electron chi connectivity index (χ4n) is 2.37. The molecular formula is C16H35Br2N. The van der Waals surface area contributed by atoms with E-state index < -0.39 is 0 Å². The highest BCUT2D eigenvalue weighted by Gasteiger charge is 2.12. The first-order chi connectivity index (χ1) is 8.62. The molecule has 0 heterocycles. The van der Waals surface area contributed by atoms with Crippen molar-refractivity contribution >= 4 is 15.9 Å². The molecule has 0 unspecified atom stereocenters. The fourth-order valence-corrected chi connectivity index (χ4v) is 3.33. The number of unbranched alkanes of at least 4 members (excludes halogenated alkanes) is 9. The summed E-state index contributed by atoms with van der Waals surface area (Å²) in [5.74, 6) is 0. The van der Waals surface area contributed by atoms with Crippen molar-refractivity contribution in [3.63, 3.8) is 0 Å². The number of halogens is 2. The van der Waals surface area contributed by atoms with E-state index >= 15 is 0 Å². The van der Waals surface area contributed by atoms with E-state index in [1.807, 2.05) is 0 Å². The maximum atomic E-state index is 3.54. The lowest BCUT2D eigenvalue weighted by atomic mass is 10.1. The fraction of sp³-hybridized carbons (Fsp3) is 1.00. The van der Waals surface area contributed by atoms with Gasteiger partial charge in [-0.25, -0.2) is 0 Å². The van der Waals surface area contributed by atoms with Gasteiger partial charge in [0.15, 0.2) is 0 Å². The van der Waals surface area contributed by atoms with Crippen LogP contribution in [0.1, 0.15) is 71.1 Å². The topological polar surface area (TPSA) is 0 Å². The number of hydrogen-bond donors (Lipinski definition) is 0. The molecular weight excluding hydrogens is 366 g/mol. The van der Waals surface area contributed by atoms with Gasteiger partial charge in [0.05, 0.1) is 32.5 Å². The summed E-state index contributed by atoms with van der Waals surface area (Å²) in [5.41, 5.74) is 0. The lowest BCUT2D eigenvalue weighted by Crippen LogP contribution is -3.00. The summed E-state index contributed by atoms with van der Waals surface area (Å²) >= 11 is 3.54. The molecule has 0 amide bonds. The van der Waals surface area contributed by atoms with Gasteiger partial charge in [0.2, 0.25) is 0 Å². The molecule has 118 valence electrons. The Morgan fingerprint density at radius 2 is 1.11 bits per heavy atom. The van der Waals surface area contributed by atoms with Crippen LogP contribution in [0.2, 0.25) is 0 Å². The van der Waals surface area contributed by atoms with Gasteiger partial charge < -0.3 is 21.5 Å². The Labute approximate surface area is 141 Å². The van der Waals surface area contributed by atoms with Crippen molar-refractivity contribution in [2.75, 3.05) is 32.5 Å². The zero-order valence-corrected chi connectivity index (χ0v) is 16.6. The number of quaternary nitrogens is 1. The van der Waals surface area contributed by atoms with Crippen LogP contribution in [0.25, 0.3) is 0 Å². The van der Waals surface area contributed by atoms with Crippen molar-refractivity contribution < 1.29 is 21.5 Å². The Morgan fingerprint density at radius 1 is 0.684 bits per heavy atom. The van der Waals surface area contributed by atoms with E-state index in [-0.39, 0.29) is 17.0 Å². The quantitative estimate of drug-likeness (QED) is 0.253. The highest BCUT2D eigenvalue weighted by Crippen LogP contribution is 2.11. The van der Waals surface area contributed by atoms with Gasteiger partial charge in [-0.15, -0.1) is 0 Å². The van der Waals surface area contributed by atoms with Crippen LogP contribution >= 0.6 is 15.9 Å². The molecule has 0 aromatic rings. The molecule has 3 heteroatoms. The second-order valence-electron chi connectivity index (χ2n) is 6.25. The van der Waals surface area contributed by atoms with Crippen molar-refractivity contribution in [2.45, 2.75) is 71.1 Å². The summed E-state index contributed by atoms with van der Waals surface area (Å²) in [6.45, 7) is 4.87. The van der Waals surface area contributed by atoms with Crippen LogP contribution in [-0.2, 0) is 0 Å². The average Bonchev–Trinajstić information content (AvgIpc) is 2.31. The van der Waals surface area contributed by atoms with Crippen LogP contribution in [-0.4, -0.2) is 37.0 Å². The van der Waals surface area contributed by atoms with Crippen LogP contribution < -0.4 is 17.0 Å². The summed E-state index contributed by atoms with van der Waals surface area (Å²) in [6.07, 6.45) is 14.4. The second-order valence-corrected chi connectivity index (χ2v) is 7.05. The Morgan fingerprint density at radius 3 is 1.53 bits per heavy atom. The molecule has 0 aromatic heterocycles. The average molecular weight is 401 g/mol. The first kappa shape index (κ1) is 22.2. The summed E-state index contributed by atoms with van der Waals surface area (Å²) in [4.78, 5) is 0. The van der Waals surface area contributed by atoms with Crippen molar-refractivity contribution in [2.24, 2.45) is 0 Å². The summed E-state index contributed by atoms with van der Waals surface area (Å²) in [6, 6.07) is 0. The van der Waals surface area contributed by atoms with Gasteiger partial charge >= 0.3 is 0 Å². The van der Waals surface area contributed by atoms with E-state index in [4.69, 9.17) is 0 Å². The van der Waals surface area contributed by atoms with E-state index in [0.717, 1.165) is 5.33 Å². The Bertz CT molecular complexity index is 172. The molecule has 0 N–H and O–H groups in total. The number of hydrogen-bond acceptors (Lipinski definition) is 0. The molecule has 0 aliphatic heterocycles. The lowest BCUT2D eigenvalue weighted by molar-refractivity contribution is -0.887. The van der Waals surface area contributed by atoms with Gasteiger partial charge in [0.25, 0.3) is 0 Å². The Hall–Kier alpha value is 0.920. The molecule has 0 radical (unpaired) electrons. The highest BCUT2D eigenvalue weighted by atomic mass is 79.9. The highest BCUT2D eigenvalue weighted by molar-refractivity contribution is 9.09. The molecule has 0 atom stereocenters. The van der Waals surface area contributed by atoms with E-state index in [0.29, 0.717) is 0 Å². The van der Waals surface area contributed by atoms with E-state index in [1.54, 1.807) is 0 Å². The molecule has 0 aromatic carbocycles. The molecule has 0 aliphatic rings. The smallest absolute Gasteiger partial charge is 0.0880 e. The monoisotopic (exact) mass is 399 g/mol. The van der Waals surface area contributed by atoms with Crippen LogP contribution in [0, 0.1) is 0 Å². The van der Waals surface area contributed by atoms with Crippen LogP contribution in [0.4, 0.5) is 0 Å². The van der Waals surface area contributed by atoms with Gasteiger partial charge in [0, 0.05) is 0 Å². The second kappa shape index (κ2) is 15.3. The van der Waals surface area contributed by atoms with Crippen molar-refractivity contribution in [1.82, 2.24) is 0 Å². The van der Waals surface area contributed by atoms with E-state index in [9.17, 15) is 0 Å². The number of rotatable bonds is 13. The third kappa shape index (κ3) is 16.9. The van der Waals surface area contributed by atoms with E-state index in [1.165, 1.54) is 81.8 Å². The zero-order valence-electron chi connectivity index (χ0n) is 13.4. The van der Waals surface area contributed by atoms with Gasteiger partial charge in [-0.1, -0.05) is 74.2 Å². The lowest BCUT2D eigenvalue weighted by Gasteiger charge is -2.29. The zero-order chi connectivity index (χ0) is 13.7. The molecule has 19 heavy (non-hydrogen) atoms. The van der Waals surface area contributed by atoms with Crippen molar-refractivity contribution in [3.05, 3.63) is 0 Å². The molecule has 0 saturated heterocycles. The largest absolute Gasteiger partial charge is 1.00 e. The predicted octanol–water partition coefficient (Wildman–Crippen LogP) is 2.38. The summed E-state index contributed by atoms with van der Waals surface area (Å²) in [7, 11) is 4.68. The van der Waals surface area contributed by atoms with E-state index in [2.05, 4.69) is 36.9 Å². The molecule has 0 saturated carbocycles. The maximum Gasteiger partial charge on any atom is 0.0880 e. The SMILES string of the molecule is CCCCCCCCCCCC[N+](C)(C)CCBr.[Br-]. The molecule has 0 bridgehead atoms. The minimum Gasteiger partial charge on any atom is -1.00 e. The predicted molar refractivity (Wildman–Crippen MR) is 87.5 cm³/mol. The molecule has 1 nitrogen and oxygen atoms in total. The minimum atomic E-state index is 0. The standard InChI is InChI=1S/C16H35BrN.BrH/c1-4-5-6-7-8-9-10-11-12-13-15-18(2,3)16-14-17;/h4-16H2,1-3H3;1H/q+1;/p-1. The van der Waals surface area contributed by atoms with Gasteiger partial charge in [-0.3, -0.25) is 0 Å². The minimum absolute atomic E-state index is 0. The molecule has 0 spiro atoms. The van der Waals surface area contributed by atoms with Gasteiger partial charge in [-0.2, -0.15) is 0 Å². The molecule has 0 aliphatic carbocycles. The summed E-state index contributed by atoms with van der Waals surface area (Å²) < 4.78 is 1.17. The normalized spacial score (nSPS) is 11.4. The van der Waals surface area contributed by atoms with Crippen LogP contribution in [0.3, 0.4) is 0 Å². The van der Waals surface area contributed by atoms with Gasteiger partial charge in [-0.05, 0) is 12.8 Å². The summed E-state index contributed by atoms with van der Waals surface area (Å²) in [5, 5.41) is 1.12. The first-order valence-corrected chi connectivity index (χ1v) is 9.12. The van der Waals surface area contributed by atoms with Crippen LogP contribution in [0.5, 0.6) is 0 Å². The Kier molecular flexibility index (Phi) is 17.9. The molecule has 0 rings (SSSR count). The number of alkyl halides is 1. The van der Waals surface area contributed by atoms with Crippen LogP contribution in [0.15, 0.2) is 0 Å². The number of nitrogens with zero attached hydrogens (tertiary/aromatic N) is 1. The first-order valence-electron chi connectivity index (χ1n) is 8.00. The van der Waals surface area contributed by atoms with Crippen molar-refractivity contribution in [1.29, 1.82) is 0 Å². The maximum absolute atomic E-state index is 3.54. The molecule has 0 fully saturated rings. The van der Waals surface area contributed by atoms with Gasteiger partial charge in [0.1, 0.15) is 0 Å². The Balaban J connectivity index is 0.